The fourth-order valence-corrected chi connectivity index (χ4v) is 2.10. The van der Waals surface area contributed by atoms with Gasteiger partial charge in [-0.05, 0) is 27.7 Å². The van der Waals surface area contributed by atoms with Gasteiger partial charge in [-0.25, -0.2) is 4.79 Å². The molecule has 20 heavy (non-hydrogen) atoms. The molecule has 1 aliphatic heterocycles. The van der Waals surface area contributed by atoms with Crippen LogP contribution in [-0.2, 0) is 9.53 Å². The highest BCUT2D eigenvalue weighted by Crippen LogP contribution is 2.48. The number of aliphatic carboxylic acids is 1. The molecule has 0 aromatic rings. The zero-order valence-corrected chi connectivity index (χ0v) is 11.7. The molecule has 1 rings (SSSR count). The summed E-state index contributed by atoms with van der Waals surface area (Å²) in [6.07, 6.45) is -5.65. The molecule has 2 atom stereocenters. The second-order valence-corrected chi connectivity index (χ2v) is 6.17. The van der Waals surface area contributed by atoms with Crippen LogP contribution in [0.2, 0.25) is 0 Å². The fraction of sp³-hybridized carbons (Fsp3) is 0.833. The Kier molecular flexibility index (Phi) is 4.00. The summed E-state index contributed by atoms with van der Waals surface area (Å²) in [6, 6.07) is 0. The molecule has 0 aromatic carbocycles. The number of carbonyl (C=O) groups excluding carboxylic acids is 1. The quantitative estimate of drug-likeness (QED) is 0.807. The third-order valence-corrected chi connectivity index (χ3v) is 3.29. The van der Waals surface area contributed by atoms with E-state index < -0.39 is 48.3 Å². The van der Waals surface area contributed by atoms with Crippen LogP contribution in [0.25, 0.3) is 0 Å². The number of alkyl halides is 3. The first-order chi connectivity index (χ1) is 8.78. The maximum atomic E-state index is 13.1. The molecule has 1 fully saturated rings. The molecule has 5 nitrogen and oxygen atoms in total. The van der Waals surface area contributed by atoms with E-state index in [2.05, 4.69) is 0 Å². The number of ether oxygens (including phenoxy) is 1. The number of carboxylic acids is 1. The van der Waals surface area contributed by atoms with Gasteiger partial charge in [0.25, 0.3) is 0 Å². The number of hydrogen-bond donors (Lipinski definition) is 1. The van der Waals surface area contributed by atoms with Gasteiger partial charge in [0.1, 0.15) is 5.60 Å². The van der Waals surface area contributed by atoms with E-state index in [4.69, 9.17) is 9.84 Å². The number of carboxylic acid groups (broad SMARTS) is 1. The van der Waals surface area contributed by atoms with E-state index in [1.54, 1.807) is 20.8 Å². The van der Waals surface area contributed by atoms with Crippen LogP contribution >= 0.6 is 0 Å². The predicted molar refractivity (Wildman–Crippen MR) is 63.1 cm³/mol. The molecule has 8 heteroatoms. The van der Waals surface area contributed by atoms with Crippen molar-refractivity contribution in [3.8, 4) is 0 Å². The van der Waals surface area contributed by atoms with Crippen molar-refractivity contribution < 1.29 is 32.6 Å². The second kappa shape index (κ2) is 4.82. The molecule has 1 saturated heterocycles. The van der Waals surface area contributed by atoms with Crippen molar-refractivity contribution in [1.82, 2.24) is 4.90 Å². The minimum absolute atomic E-state index is 0.514. The van der Waals surface area contributed by atoms with Gasteiger partial charge >= 0.3 is 18.2 Å². The van der Waals surface area contributed by atoms with E-state index in [0.29, 0.717) is 0 Å². The summed E-state index contributed by atoms with van der Waals surface area (Å²) in [7, 11) is 0. The third-order valence-electron chi connectivity index (χ3n) is 3.29. The van der Waals surface area contributed by atoms with Gasteiger partial charge in [0.2, 0.25) is 0 Å². The van der Waals surface area contributed by atoms with Crippen LogP contribution in [0, 0.1) is 11.3 Å². The van der Waals surface area contributed by atoms with Crippen LogP contribution in [-0.4, -0.2) is 46.9 Å². The normalized spacial score (nSPS) is 27.6. The first-order valence-electron chi connectivity index (χ1n) is 6.05. The first-order valence-corrected chi connectivity index (χ1v) is 6.05. The SMILES string of the molecule is CC(C)(C)OC(=O)N1C[C@@H](C(=O)O)[C@](C)(C(F)(F)F)C1. The van der Waals surface area contributed by atoms with Crippen molar-refractivity contribution in [2.24, 2.45) is 11.3 Å². The molecular weight excluding hydrogens is 279 g/mol. The van der Waals surface area contributed by atoms with Gasteiger partial charge in [-0.15, -0.1) is 0 Å². The molecule has 0 aromatic heterocycles. The van der Waals surface area contributed by atoms with Crippen LogP contribution in [0.15, 0.2) is 0 Å². The summed E-state index contributed by atoms with van der Waals surface area (Å²) in [5.74, 6) is -3.27. The number of carbonyl (C=O) groups is 2. The van der Waals surface area contributed by atoms with E-state index in [1.807, 2.05) is 0 Å². The van der Waals surface area contributed by atoms with Gasteiger partial charge in [0.05, 0.1) is 11.3 Å². The maximum absolute atomic E-state index is 13.1. The van der Waals surface area contributed by atoms with Crippen molar-refractivity contribution >= 4 is 12.1 Å². The van der Waals surface area contributed by atoms with Crippen molar-refractivity contribution in [1.29, 1.82) is 0 Å². The van der Waals surface area contributed by atoms with E-state index >= 15 is 0 Å². The molecule has 0 spiro atoms. The van der Waals surface area contributed by atoms with Crippen molar-refractivity contribution in [2.75, 3.05) is 13.1 Å². The first kappa shape index (κ1) is 16.6. The molecule has 0 aliphatic carbocycles. The summed E-state index contributed by atoms with van der Waals surface area (Å²) in [5.41, 5.74) is -3.33. The van der Waals surface area contributed by atoms with E-state index in [0.717, 1.165) is 11.8 Å². The Morgan fingerprint density at radius 2 is 1.80 bits per heavy atom. The lowest BCUT2D eigenvalue weighted by Gasteiger charge is -2.30. The minimum atomic E-state index is -4.72. The van der Waals surface area contributed by atoms with Crippen LogP contribution in [0.5, 0.6) is 0 Å². The predicted octanol–water partition coefficient (Wildman–Crippen LogP) is 2.51. The molecule has 1 N–H and O–H groups in total. The average molecular weight is 297 g/mol. The van der Waals surface area contributed by atoms with Gasteiger partial charge in [0.15, 0.2) is 0 Å². The highest BCUT2D eigenvalue weighted by molar-refractivity contribution is 5.75. The number of likely N-dealkylation sites (tertiary alicyclic amines) is 1. The number of amides is 1. The van der Waals surface area contributed by atoms with Gasteiger partial charge < -0.3 is 14.7 Å². The topological polar surface area (TPSA) is 66.8 Å². The summed E-state index contributed by atoms with van der Waals surface area (Å²) in [5, 5.41) is 8.97. The van der Waals surface area contributed by atoms with Crippen molar-refractivity contribution in [2.45, 2.75) is 39.5 Å². The second-order valence-electron chi connectivity index (χ2n) is 6.17. The number of hydrogen-bond acceptors (Lipinski definition) is 3. The summed E-state index contributed by atoms with van der Waals surface area (Å²) < 4.78 is 44.2. The Labute approximate surface area is 114 Å². The Hall–Kier alpha value is -1.47. The molecule has 0 radical (unpaired) electrons. The largest absolute Gasteiger partial charge is 0.481 e. The van der Waals surface area contributed by atoms with Crippen LogP contribution < -0.4 is 0 Å². The number of rotatable bonds is 1. The van der Waals surface area contributed by atoms with Crippen molar-refractivity contribution in [3.63, 3.8) is 0 Å². The lowest BCUT2D eigenvalue weighted by molar-refractivity contribution is -0.228. The van der Waals surface area contributed by atoms with Gasteiger partial charge in [-0.2, -0.15) is 13.2 Å². The van der Waals surface area contributed by atoms with E-state index in [9.17, 15) is 22.8 Å². The Morgan fingerprint density at radius 1 is 1.30 bits per heavy atom. The zero-order chi connectivity index (χ0) is 15.9. The summed E-state index contributed by atoms with van der Waals surface area (Å²) >= 11 is 0. The molecule has 0 saturated carbocycles. The van der Waals surface area contributed by atoms with Gasteiger partial charge in [0, 0.05) is 13.1 Å². The van der Waals surface area contributed by atoms with E-state index in [-0.39, 0.29) is 0 Å². The van der Waals surface area contributed by atoms with Crippen LogP contribution in [0.1, 0.15) is 27.7 Å². The zero-order valence-electron chi connectivity index (χ0n) is 11.7. The highest BCUT2D eigenvalue weighted by atomic mass is 19.4. The van der Waals surface area contributed by atoms with Gasteiger partial charge in [-0.3, -0.25) is 4.79 Å². The molecule has 0 unspecified atom stereocenters. The standard InChI is InChI=1S/C12H18F3NO4/c1-10(2,3)20-9(19)16-5-7(8(17)18)11(4,6-16)12(13,14)15/h7H,5-6H2,1-4H3,(H,17,18)/t7-,11+/m0/s1. The monoisotopic (exact) mass is 297 g/mol. The maximum Gasteiger partial charge on any atom is 0.410 e. The number of halogens is 3. The molecule has 116 valence electrons. The average Bonchev–Trinajstić information content (AvgIpc) is 2.54. The Morgan fingerprint density at radius 3 is 2.10 bits per heavy atom. The Bertz CT molecular complexity index is 416. The van der Waals surface area contributed by atoms with Crippen molar-refractivity contribution in [3.05, 3.63) is 0 Å². The minimum Gasteiger partial charge on any atom is -0.481 e. The molecule has 1 amide bonds. The fourth-order valence-electron chi connectivity index (χ4n) is 2.10. The lowest BCUT2D eigenvalue weighted by Crippen LogP contribution is -2.45. The summed E-state index contributed by atoms with van der Waals surface area (Å²) in [6.45, 7) is 4.33. The smallest absolute Gasteiger partial charge is 0.410 e. The van der Waals surface area contributed by atoms with Gasteiger partial charge in [-0.1, -0.05) is 0 Å². The Balaban J connectivity index is 2.98. The lowest BCUT2D eigenvalue weighted by atomic mass is 9.79. The molecule has 1 heterocycles. The number of nitrogens with zero attached hydrogens (tertiary/aromatic N) is 1. The van der Waals surface area contributed by atoms with Crippen LogP contribution in [0.3, 0.4) is 0 Å². The summed E-state index contributed by atoms with van der Waals surface area (Å²) in [4.78, 5) is 23.6. The third kappa shape index (κ3) is 3.16. The molecule has 1 aliphatic rings. The van der Waals surface area contributed by atoms with Crippen LogP contribution in [0.4, 0.5) is 18.0 Å². The van der Waals surface area contributed by atoms with E-state index in [1.165, 1.54) is 0 Å². The molecule has 0 bridgehead atoms. The highest BCUT2D eigenvalue weighted by Gasteiger charge is 2.63. The molecular formula is C12H18F3NO4.